The van der Waals surface area contributed by atoms with Gasteiger partial charge in [0.05, 0.1) is 5.69 Å². The van der Waals surface area contributed by atoms with Crippen LogP contribution in [0.1, 0.15) is 37.8 Å². The first-order chi connectivity index (χ1) is 13.7. The highest BCUT2D eigenvalue weighted by Gasteiger charge is 2.21. The molecule has 0 heterocycles. The maximum atomic E-state index is 13.8. The predicted molar refractivity (Wildman–Crippen MR) is 110 cm³/mol. The van der Waals surface area contributed by atoms with Gasteiger partial charge in [0, 0.05) is 5.02 Å². The van der Waals surface area contributed by atoms with Gasteiger partial charge < -0.3 is 10.1 Å². The van der Waals surface area contributed by atoms with E-state index in [1.807, 2.05) is 12.1 Å². The van der Waals surface area contributed by atoms with Gasteiger partial charge in [0.15, 0.2) is 6.10 Å². The van der Waals surface area contributed by atoms with Crippen LogP contribution >= 0.6 is 11.6 Å². The molecule has 0 aliphatic rings. The van der Waals surface area contributed by atoms with Gasteiger partial charge in [-0.1, -0.05) is 49.7 Å². The van der Waals surface area contributed by atoms with Crippen LogP contribution in [0, 0.1) is 17.1 Å². The smallest absolute Gasteiger partial charge is 0.349 e. The number of amides is 1. The third kappa shape index (κ3) is 6.16. The quantitative estimate of drug-likeness (QED) is 0.406. The second kappa shape index (κ2) is 9.85. The van der Waals surface area contributed by atoms with E-state index >= 15 is 0 Å². The molecule has 7 heteroatoms. The zero-order chi connectivity index (χ0) is 21.6. The number of anilines is 1. The van der Waals surface area contributed by atoms with Crippen molar-refractivity contribution >= 4 is 35.2 Å². The molecule has 0 saturated heterocycles. The third-order valence-corrected chi connectivity index (χ3v) is 4.33. The summed E-state index contributed by atoms with van der Waals surface area (Å²) in [6.45, 7) is 5.45. The van der Waals surface area contributed by atoms with E-state index in [0.717, 1.165) is 11.6 Å². The average molecular weight is 415 g/mol. The monoisotopic (exact) mass is 414 g/mol. The number of carbonyl (C=O) groups excluding carboxylic acids is 2. The molecule has 1 atom stereocenters. The minimum absolute atomic E-state index is 0.0939. The number of nitrogens with one attached hydrogen (secondary N) is 1. The molecule has 0 aromatic heterocycles. The van der Waals surface area contributed by atoms with Crippen LogP contribution in [0.2, 0.25) is 5.02 Å². The summed E-state index contributed by atoms with van der Waals surface area (Å²) < 4.78 is 18.8. The first-order valence-corrected chi connectivity index (χ1v) is 9.27. The number of carbonyl (C=O) groups is 2. The Hall–Kier alpha value is -3.17. The summed E-state index contributed by atoms with van der Waals surface area (Å²) in [5.74, 6) is -2.04. The number of halogens is 2. The van der Waals surface area contributed by atoms with Crippen molar-refractivity contribution in [2.75, 3.05) is 5.32 Å². The maximum Gasteiger partial charge on any atom is 0.349 e. The Bertz CT molecular complexity index is 979. The zero-order valence-electron chi connectivity index (χ0n) is 16.2. The first-order valence-electron chi connectivity index (χ1n) is 8.90. The number of nitrogens with zero attached hydrogens (tertiary/aromatic N) is 1. The molecule has 0 spiro atoms. The van der Waals surface area contributed by atoms with Gasteiger partial charge in [0.25, 0.3) is 5.91 Å². The van der Waals surface area contributed by atoms with Crippen molar-refractivity contribution in [2.24, 2.45) is 0 Å². The van der Waals surface area contributed by atoms with E-state index in [9.17, 15) is 19.2 Å². The SMILES string of the molecule is CC(C)c1ccc(/C=C(\C#N)C(=O)O[C@H](C)C(=O)Nc2ccc(Cl)cc2F)cc1. The normalized spacial score (nSPS) is 12.2. The highest BCUT2D eigenvalue weighted by molar-refractivity contribution is 6.30. The van der Waals surface area contributed by atoms with Crippen LogP contribution in [0.4, 0.5) is 10.1 Å². The predicted octanol–water partition coefficient (Wildman–Crippen LogP) is 5.08. The Labute approximate surface area is 173 Å². The van der Waals surface area contributed by atoms with Gasteiger partial charge in [-0.3, -0.25) is 4.79 Å². The van der Waals surface area contributed by atoms with Crippen LogP contribution in [0.25, 0.3) is 6.08 Å². The maximum absolute atomic E-state index is 13.8. The second-order valence-electron chi connectivity index (χ2n) is 6.65. The standard InChI is InChI=1S/C22H20ClFN2O3/c1-13(2)16-6-4-15(5-7-16)10-17(12-25)22(28)29-14(3)21(27)26-20-9-8-18(23)11-19(20)24/h4-11,13-14H,1-3H3,(H,26,27)/b17-10+/t14-/m1/s1. The van der Waals surface area contributed by atoms with E-state index in [1.54, 1.807) is 18.2 Å². The molecule has 150 valence electrons. The summed E-state index contributed by atoms with van der Waals surface area (Å²) >= 11 is 5.67. The van der Waals surface area contributed by atoms with Gasteiger partial charge in [-0.25, -0.2) is 9.18 Å². The molecule has 2 aromatic carbocycles. The highest BCUT2D eigenvalue weighted by Crippen LogP contribution is 2.20. The van der Waals surface area contributed by atoms with Crippen LogP contribution < -0.4 is 5.32 Å². The van der Waals surface area contributed by atoms with Crippen molar-refractivity contribution in [1.82, 2.24) is 0 Å². The van der Waals surface area contributed by atoms with Crippen molar-refractivity contribution in [1.29, 1.82) is 5.26 Å². The van der Waals surface area contributed by atoms with Crippen molar-refractivity contribution in [2.45, 2.75) is 32.8 Å². The molecular formula is C22H20ClFN2O3. The van der Waals surface area contributed by atoms with Crippen LogP contribution in [0.5, 0.6) is 0 Å². The number of hydrogen-bond acceptors (Lipinski definition) is 4. The summed E-state index contributed by atoms with van der Waals surface area (Å²) in [5.41, 5.74) is 1.44. The summed E-state index contributed by atoms with van der Waals surface area (Å²) in [4.78, 5) is 24.4. The lowest BCUT2D eigenvalue weighted by atomic mass is 10.0. The molecule has 5 nitrogen and oxygen atoms in total. The molecule has 2 aromatic rings. The molecule has 0 aliphatic heterocycles. The van der Waals surface area contributed by atoms with Gasteiger partial charge >= 0.3 is 5.97 Å². The van der Waals surface area contributed by atoms with Gasteiger partial charge in [-0.15, -0.1) is 0 Å². The summed E-state index contributed by atoms with van der Waals surface area (Å²) in [6, 6.07) is 12.9. The number of hydrogen-bond donors (Lipinski definition) is 1. The van der Waals surface area contributed by atoms with E-state index in [2.05, 4.69) is 19.2 Å². The molecule has 29 heavy (non-hydrogen) atoms. The van der Waals surface area contributed by atoms with Crippen molar-refractivity contribution < 1.29 is 18.7 Å². The van der Waals surface area contributed by atoms with Crippen molar-refractivity contribution in [3.05, 3.63) is 70.0 Å². The Kier molecular flexibility index (Phi) is 7.52. The summed E-state index contributed by atoms with van der Waals surface area (Å²) in [6.07, 6.45) is 0.147. The molecule has 0 radical (unpaired) electrons. The zero-order valence-corrected chi connectivity index (χ0v) is 17.0. The van der Waals surface area contributed by atoms with E-state index in [0.29, 0.717) is 11.5 Å². The van der Waals surface area contributed by atoms with Crippen LogP contribution in [0.3, 0.4) is 0 Å². The number of benzene rings is 2. The Morgan fingerprint density at radius 1 is 1.17 bits per heavy atom. The number of ether oxygens (including phenoxy) is 1. The van der Waals surface area contributed by atoms with Crippen LogP contribution in [-0.2, 0) is 14.3 Å². The topological polar surface area (TPSA) is 79.2 Å². The molecule has 0 bridgehead atoms. The van der Waals surface area contributed by atoms with Crippen LogP contribution in [0.15, 0.2) is 48.0 Å². The molecule has 2 rings (SSSR count). The lowest BCUT2D eigenvalue weighted by molar-refractivity contribution is -0.148. The summed E-state index contributed by atoms with van der Waals surface area (Å²) in [7, 11) is 0. The molecule has 1 amide bonds. The van der Waals surface area contributed by atoms with Gasteiger partial charge in [-0.2, -0.15) is 5.26 Å². The lowest BCUT2D eigenvalue weighted by Gasteiger charge is -2.13. The van der Waals surface area contributed by atoms with Crippen LogP contribution in [-0.4, -0.2) is 18.0 Å². The molecule has 0 unspecified atom stereocenters. The summed E-state index contributed by atoms with van der Waals surface area (Å²) in [5, 5.41) is 11.8. The first kappa shape index (κ1) is 22.1. The average Bonchev–Trinajstić information content (AvgIpc) is 2.68. The molecule has 0 aliphatic carbocycles. The number of esters is 1. The highest BCUT2D eigenvalue weighted by atomic mass is 35.5. The van der Waals surface area contributed by atoms with E-state index in [-0.39, 0.29) is 16.3 Å². The van der Waals surface area contributed by atoms with Crippen molar-refractivity contribution in [3.8, 4) is 6.07 Å². The fourth-order valence-electron chi connectivity index (χ4n) is 2.38. The fourth-order valence-corrected chi connectivity index (χ4v) is 2.54. The molecule has 0 fully saturated rings. The number of nitriles is 1. The third-order valence-electron chi connectivity index (χ3n) is 4.10. The molecular weight excluding hydrogens is 395 g/mol. The van der Waals surface area contributed by atoms with E-state index < -0.39 is 23.8 Å². The van der Waals surface area contributed by atoms with E-state index in [1.165, 1.54) is 25.1 Å². The van der Waals surface area contributed by atoms with E-state index in [4.69, 9.17) is 16.3 Å². The minimum Gasteiger partial charge on any atom is -0.448 e. The molecule has 0 saturated carbocycles. The van der Waals surface area contributed by atoms with Crippen molar-refractivity contribution in [3.63, 3.8) is 0 Å². The number of rotatable bonds is 6. The Morgan fingerprint density at radius 2 is 1.83 bits per heavy atom. The largest absolute Gasteiger partial charge is 0.448 e. The second-order valence-corrected chi connectivity index (χ2v) is 7.09. The Balaban J connectivity index is 2.05. The van der Waals surface area contributed by atoms with Gasteiger partial charge in [0.1, 0.15) is 17.5 Å². The minimum atomic E-state index is -1.24. The molecule has 1 N–H and O–H groups in total. The Morgan fingerprint density at radius 3 is 2.38 bits per heavy atom. The van der Waals surface area contributed by atoms with Gasteiger partial charge in [0.2, 0.25) is 0 Å². The lowest BCUT2D eigenvalue weighted by Crippen LogP contribution is -2.30. The fraction of sp³-hybridized carbons (Fsp3) is 0.227. The van der Waals surface area contributed by atoms with Gasteiger partial charge in [-0.05, 0) is 48.2 Å².